The number of primary amides is 1. The van der Waals surface area contributed by atoms with E-state index in [1.807, 2.05) is 46.2 Å². The Morgan fingerprint density at radius 2 is 1.76 bits per heavy atom. The van der Waals surface area contributed by atoms with Gasteiger partial charge in [0.25, 0.3) is 5.91 Å². The monoisotopic (exact) mass is 850 g/mol. The van der Waals surface area contributed by atoms with Crippen LogP contribution in [0.2, 0.25) is 0 Å². The van der Waals surface area contributed by atoms with Gasteiger partial charge in [-0.25, -0.2) is 18.2 Å². The van der Waals surface area contributed by atoms with E-state index in [0.717, 1.165) is 19.3 Å². The van der Waals surface area contributed by atoms with Crippen LogP contribution in [0.5, 0.6) is 11.6 Å². The van der Waals surface area contributed by atoms with E-state index in [-0.39, 0.29) is 47.8 Å². The number of nitrogens with two attached hydrogens (primary N) is 1. The van der Waals surface area contributed by atoms with Gasteiger partial charge in [-0.3, -0.25) is 19.1 Å². The lowest BCUT2D eigenvalue weighted by molar-refractivity contribution is -0.140. The molecule has 2 aromatic rings. The maximum Gasteiger partial charge on any atom is 0.405 e. The average molecular weight is 850 g/mol. The fourth-order valence-electron chi connectivity index (χ4n) is 7.36. The number of fused-ring (bicyclic) bond motifs is 3. The Balaban J connectivity index is 0.00000133. The number of nitrogens with one attached hydrogen (secondary N) is 2. The third kappa shape index (κ3) is 11.8. The van der Waals surface area contributed by atoms with Gasteiger partial charge in [-0.15, -0.1) is 0 Å². The van der Waals surface area contributed by atoms with Crippen molar-refractivity contribution in [3.05, 3.63) is 30.4 Å². The van der Waals surface area contributed by atoms with E-state index < -0.39 is 56.0 Å². The van der Waals surface area contributed by atoms with Crippen LogP contribution in [0.4, 0.5) is 10.7 Å². The summed E-state index contributed by atoms with van der Waals surface area (Å²) in [5.41, 5.74) is 3.45. The molecule has 2 aliphatic carbocycles. The molecule has 2 saturated carbocycles. The molecule has 1 aromatic heterocycles. The number of aromatic nitrogens is 2. The second-order valence-electron chi connectivity index (χ2n) is 17.5. The standard InChI is InChI=1S/C35H48N6O7S.C5H11NO2.C2H6.3H2/c1-21-9-7-8-10-23-19-35(23,32(44)39-49(45,46)34(3)13-14-34)38-30(43)28-18-25(20-41(28)29(42)16-22(2)15-21)48-31-26-12-11-24(47-6)17-27(26)36-33(37-31)40(4)5;1-5(2,3)8-4(6)7;1-2;;;/h8,10-12,17,21-23,25,28H,7,9,13-16,18-20H2,1-6H3,(H,38,43)(H,39,44);1-3H3,(H2,6,7);1-2H3;3*1H/b10-8-;;;;;/t21-,22+,23+,25+,28-,35+;;;;;/m0...../s1. The lowest BCUT2D eigenvalue weighted by Gasteiger charge is -2.28. The van der Waals surface area contributed by atoms with Gasteiger partial charge in [0, 0.05) is 43.2 Å². The number of ether oxygens (including phenoxy) is 3. The average Bonchev–Trinajstić information content (AvgIpc) is 4.02. The van der Waals surface area contributed by atoms with Crippen LogP contribution in [0, 0.1) is 17.8 Å². The third-order valence-electron chi connectivity index (χ3n) is 10.9. The zero-order valence-corrected chi connectivity index (χ0v) is 37.4. The summed E-state index contributed by atoms with van der Waals surface area (Å²) in [5.74, 6) is 0.0605. The van der Waals surface area contributed by atoms with Crippen molar-refractivity contribution in [2.24, 2.45) is 23.5 Å². The van der Waals surface area contributed by atoms with Gasteiger partial charge < -0.3 is 35.1 Å². The van der Waals surface area contributed by atoms with Gasteiger partial charge in [-0.2, -0.15) is 4.98 Å². The predicted molar refractivity (Wildman–Crippen MR) is 233 cm³/mol. The van der Waals surface area contributed by atoms with Crippen LogP contribution < -0.4 is 30.1 Å². The number of sulfonamides is 1. The van der Waals surface area contributed by atoms with Gasteiger partial charge in [0.05, 0.1) is 29.3 Å². The van der Waals surface area contributed by atoms with Crippen LogP contribution in [0.25, 0.3) is 10.9 Å². The number of hydrogen-bond donors (Lipinski definition) is 3. The maximum atomic E-state index is 14.2. The first-order chi connectivity index (χ1) is 27.6. The molecule has 0 spiro atoms. The Labute approximate surface area is 353 Å². The summed E-state index contributed by atoms with van der Waals surface area (Å²) in [7, 11) is 1.30. The quantitative estimate of drug-likeness (QED) is 0.275. The summed E-state index contributed by atoms with van der Waals surface area (Å²) in [4.78, 5) is 64.5. The Hall–Kier alpha value is -4.67. The summed E-state index contributed by atoms with van der Waals surface area (Å²) < 4.78 is 43.9. The highest BCUT2D eigenvalue weighted by atomic mass is 32.2. The molecule has 1 aromatic carbocycles. The predicted octanol–water partition coefficient (Wildman–Crippen LogP) is 5.97. The molecule has 0 radical (unpaired) electrons. The molecule has 6 atom stereocenters. The van der Waals surface area contributed by atoms with Crippen molar-refractivity contribution in [1.29, 1.82) is 0 Å². The number of allylic oxidation sites excluding steroid dienone is 1. The molecule has 0 unspecified atom stereocenters. The number of carbonyl (C=O) groups is 4. The fraction of sp³-hybridized carbons (Fsp3) is 0.667. The number of benzene rings is 1. The fourth-order valence-corrected chi connectivity index (χ4v) is 8.67. The molecular formula is C42H71N7O9S. The Morgan fingerprint density at radius 1 is 1.08 bits per heavy atom. The first-order valence-corrected chi connectivity index (χ1v) is 22.1. The second kappa shape index (κ2) is 18.7. The van der Waals surface area contributed by atoms with Crippen LogP contribution in [-0.4, -0.2) is 103 Å². The van der Waals surface area contributed by atoms with E-state index in [4.69, 9.17) is 15.2 Å². The van der Waals surface area contributed by atoms with Gasteiger partial charge >= 0.3 is 6.09 Å². The van der Waals surface area contributed by atoms with Gasteiger partial charge in [0.2, 0.25) is 33.7 Å². The highest BCUT2D eigenvalue weighted by Crippen LogP contribution is 2.47. The van der Waals surface area contributed by atoms with E-state index in [1.165, 1.54) is 0 Å². The first-order valence-electron chi connectivity index (χ1n) is 20.6. The summed E-state index contributed by atoms with van der Waals surface area (Å²) in [5, 5.41) is 3.59. The molecule has 4 N–H and O–H groups in total. The zero-order valence-electron chi connectivity index (χ0n) is 36.6. The van der Waals surface area contributed by atoms with Crippen molar-refractivity contribution in [1.82, 2.24) is 24.9 Å². The molecule has 2 aliphatic heterocycles. The smallest absolute Gasteiger partial charge is 0.405 e. The number of hydrogen-bond acceptors (Lipinski definition) is 12. The van der Waals surface area contributed by atoms with E-state index in [1.54, 1.807) is 56.7 Å². The van der Waals surface area contributed by atoms with Crippen molar-refractivity contribution in [3.8, 4) is 11.6 Å². The molecule has 3 fully saturated rings. The second-order valence-corrected chi connectivity index (χ2v) is 19.7. The largest absolute Gasteiger partial charge is 0.497 e. The minimum atomic E-state index is -3.93. The molecule has 17 heteroatoms. The number of carbonyl (C=O) groups excluding carboxylic acids is 4. The molecule has 334 valence electrons. The minimum Gasteiger partial charge on any atom is -0.497 e. The highest BCUT2D eigenvalue weighted by molar-refractivity contribution is 7.91. The third-order valence-corrected chi connectivity index (χ3v) is 13.1. The Kier molecular flexibility index (Phi) is 14.9. The summed E-state index contributed by atoms with van der Waals surface area (Å²) in [6, 6.07) is 4.47. The highest BCUT2D eigenvalue weighted by Gasteiger charge is 2.63. The van der Waals surface area contributed by atoms with Crippen molar-refractivity contribution in [2.75, 3.05) is 32.6 Å². The zero-order chi connectivity index (χ0) is 44.1. The number of methoxy groups -OCH3 is 1. The van der Waals surface area contributed by atoms with Crippen LogP contribution in [0.1, 0.15) is 111 Å². The molecule has 1 saturated heterocycles. The normalized spacial score (nSPS) is 27.0. The first kappa shape index (κ1) is 47.0. The lowest BCUT2D eigenvalue weighted by Crippen LogP contribution is -2.57. The van der Waals surface area contributed by atoms with Gasteiger partial charge in [0.1, 0.15) is 29.0 Å². The van der Waals surface area contributed by atoms with Crippen molar-refractivity contribution >= 4 is 50.7 Å². The van der Waals surface area contributed by atoms with E-state index >= 15 is 0 Å². The van der Waals surface area contributed by atoms with Crippen LogP contribution in [0.15, 0.2) is 30.4 Å². The van der Waals surface area contributed by atoms with Gasteiger partial charge in [-0.1, -0.05) is 39.8 Å². The van der Waals surface area contributed by atoms with Crippen molar-refractivity contribution < 1.29 is 46.1 Å². The molecule has 3 heterocycles. The van der Waals surface area contributed by atoms with Crippen LogP contribution in [-0.2, 0) is 29.1 Å². The molecule has 0 bridgehead atoms. The van der Waals surface area contributed by atoms with E-state index in [2.05, 4.69) is 38.6 Å². The summed E-state index contributed by atoms with van der Waals surface area (Å²) in [6.07, 6.45) is 6.83. The minimum absolute atomic E-state index is 0. The Morgan fingerprint density at radius 3 is 2.34 bits per heavy atom. The van der Waals surface area contributed by atoms with Crippen molar-refractivity contribution in [2.45, 2.75) is 135 Å². The number of amides is 4. The molecular weight excluding hydrogens is 779 g/mol. The SMILES string of the molecule is CC.CC(C)(C)OC(N)=O.COc1ccc2c(O[C@@H]3C[C@H]4C(=O)N[C@]5(C(=O)NS(=O)(=O)C6(C)CC6)C[C@H]5/C=C\CC[C@H](C)C[C@@H](C)CC(=O)N4C3)nc(N(C)C)nc2c1.[HH].[HH].[HH]. The lowest BCUT2D eigenvalue weighted by atomic mass is 9.91. The summed E-state index contributed by atoms with van der Waals surface area (Å²) >= 11 is 0. The van der Waals surface area contributed by atoms with E-state index in [9.17, 15) is 27.6 Å². The molecule has 4 amide bonds. The van der Waals surface area contributed by atoms with E-state index in [0.29, 0.717) is 47.2 Å². The summed E-state index contributed by atoms with van der Waals surface area (Å²) in [6.45, 7) is 15.3. The molecule has 4 aliphatic rings. The van der Waals surface area contributed by atoms with Gasteiger partial charge in [-0.05, 0) is 90.2 Å². The number of rotatable bonds is 7. The molecule has 16 nitrogen and oxygen atoms in total. The van der Waals surface area contributed by atoms with Crippen molar-refractivity contribution in [3.63, 3.8) is 0 Å². The number of anilines is 1. The molecule has 6 rings (SSSR count). The van der Waals surface area contributed by atoms with Crippen LogP contribution >= 0.6 is 0 Å². The Bertz CT molecular complexity index is 2010. The van der Waals surface area contributed by atoms with Crippen LogP contribution in [0.3, 0.4) is 0 Å². The topological polar surface area (TPSA) is 212 Å². The maximum absolute atomic E-state index is 14.2. The van der Waals surface area contributed by atoms with Gasteiger partial charge in [0.15, 0.2) is 0 Å². The number of nitrogens with zero attached hydrogens (tertiary/aromatic N) is 4. The molecule has 59 heavy (non-hydrogen) atoms.